The van der Waals surface area contributed by atoms with Crippen LogP contribution in [0.3, 0.4) is 0 Å². The smallest absolute Gasteiger partial charge is 0.251 e. The van der Waals surface area contributed by atoms with Crippen LogP contribution in [-0.4, -0.2) is 13.0 Å². The number of hydrogen-bond donors (Lipinski definition) is 2. The van der Waals surface area contributed by atoms with Crippen LogP contribution in [-0.2, 0) is 6.54 Å². The standard InChI is InChI=1S/C14H15BrN2OS/c1-9-5-11(16-2)3-4-13(9)14(18)17-7-12-6-10(15)8-19-12/h3-6,8,16H,7H2,1-2H3,(H,17,18). The van der Waals surface area contributed by atoms with E-state index < -0.39 is 0 Å². The molecule has 1 heterocycles. The van der Waals surface area contributed by atoms with E-state index in [1.807, 2.05) is 43.6 Å². The van der Waals surface area contributed by atoms with E-state index >= 15 is 0 Å². The molecule has 1 amide bonds. The maximum atomic E-state index is 12.1. The largest absolute Gasteiger partial charge is 0.388 e. The molecule has 2 rings (SSSR count). The molecular weight excluding hydrogens is 324 g/mol. The van der Waals surface area contributed by atoms with E-state index in [2.05, 4.69) is 26.6 Å². The molecule has 2 aromatic rings. The minimum atomic E-state index is -0.0373. The first-order chi connectivity index (χ1) is 9.10. The van der Waals surface area contributed by atoms with Gasteiger partial charge in [-0.05, 0) is 52.7 Å². The van der Waals surface area contributed by atoms with Gasteiger partial charge in [0.15, 0.2) is 0 Å². The van der Waals surface area contributed by atoms with Gasteiger partial charge in [-0.25, -0.2) is 0 Å². The Labute approximate surface area is 125 Å². The lowest BCUT2D eigenvalue weighted by atomic mass is 10.1. The molecule has 0 fully saturated rings. The summed E-state index contributed by atoms with van der Waals surface area (Å²) in [4.78, 5) is 13.2. The van der Waals surface area contributed by atoms with Gasteiger partial charge in [0.1, 0.15) is 0 Å². The average molecular weight is 339 g/mol. The van der Waals surface area contributed by atoms with Crippen molar-refractivity contribution in [1.29, 1.82) is 0 Å². The van der Waals surface area contributed by atoms with E-state index in [0.29, 0.717) is 6.54 Å². The van der Waals surface area contributed by atoms with E-state index in [0.717, 1.165) is 26.2 Å². The summed E-state index contributed by atoms with van der Waals surface area (Å²) in [5.41, 5.74) is 2.70. The van der Waals surface area contributed by atoms with E-state index in [1.165, 1.54) is 0 Å². The van der Waals surface area contributed by atoms with Crippen molar-refractivity contribution in [2.75, 3.05) is 12.4 Å². The van der Waals surface area contributed by atoms with Crippen LogP contribution in [0.15, 0.2) is 34.1 Å². The van der Waals surface area contributed by atoms with Crippen LogP contribution in [0.1, 0.15) is 20.8 Å². The molecule has 0 saturated heterocycles. The van der Waals surface area contributed by atoms with Crippen molar-refractivity contribution in [3.05, 3.63) is 50.1 Å². The number of carbonyl (C=O) groups excluding carboxylic acids is 1. The molecule has 0 radical (unpaired) electrons. The molecule has 100 valence electrons. The number of rotatable bonds is 4. The lowest BCUT2D eigenvalue weighted by Crippen LogP contribution is -2.23. The number of aryl methyl sites for hydroxylation is 1. The zero-order valence-corrected chi connectivity index (χ0v) is 13.2. The molecule has 19 heavy (non-hydrogen) atoms. The molecule has 0 aliphatic heterocycles. The molecule has 2 N–H and O–H groups in total. The van der Waals surface area contributed by atoms with Crippen LogP contribution in [0.25, 0.3) is 0 Å². The summed E-state index contributed by atoms with van der Waals surface area (Å²) in [6.45, 7) is 2.50. The van der Waals surface area contributed by atoms with Gasteiger partial charge >= 0.3 is 0 Å². The molecule has 0 aliphatic carbocycles. The van der Waals surface area contributed by atoms with Crippen molar-refractivity contribution in [3.8, 4) is 0 Å². The maximum Gasteiger partial charge on any atom is 0.251 e. The topological polar surface area (TPSA) is 41.1 Å². The van der Waals surface area contributed by atoms with Crippen LogP contribution < -0.4 is 10.6 Å². The summed E-state index contributed by atoms with van der Waals surface area (Å²) in [6.07, 6.45) is 0. The van der Waals surface area contributed by atoms with E-state index in [1.54, 1.807) is 11.3 Å². The Morgan fingerprint density at radius 1 is 1.37 bits per heavy atom. The van der Waals surface area contributed by atoms with Gasteiger partial charge in [0.05, 0.1) is 6.54 Å². The van der Waals surface area contributed by atoms with Gasteiger partial charge in [-0.1, -0.05) is 0 Å². The second kappa shape index (κ2) is 6.21. The molecule has 0 spiro atoms. The normalized spacial score (nSPS) is 10.3. The van der Waals surface area contributed by atoms with Crippen LogP contribution in [0.5, 0.6) is 0 Å². The number of anilines is 1. The number of amides is 1. The fourth-order valence-electron chi connectivity index (χ4n) is 1.78. The number of carbonyl (C=O) groups is 1. The average Bonchev–Trinajstić information content (AvgIpc) is 2.81. The fraction of sp³-hybridized carbons (Fsp3) is 0.214. The number of benzene rings is 1. The molecule has 5 heteroatoms. The summed E-state index contributed by atoms with van der Waals surface area (Å²) < 4.78 is 1.05. The molecule has 1 aromatic heterocycles. The fourth-order valence-corrected chi connectivity index (χ4v) is 3.17. The minimum absolute atomic E-state index is 0.0373. The highest BCUT2D eigenvalue weighted by Gasteiger charge is 2.09. The number of hydrogen-bond acceptors (Lipinski definition) is 3. The zero-order valence-electron chi connectivity index (χ0n) is 10.8. The highest BCUT2D eigenvalue weighted by Crippen LogP contribution is 2.20. The van der Waals surface area contributed by atoms with Crippen molar-refractivity contribution in [2.24, 2.45) is 0 Å². The van der Waals surface area contributed by atoms with Gasteiger partial charge in [-0.2, -0.15) is 0 Å². The van der Waals surface area contributed by atoms with Crippen molar-refractivity contribution in [1.82, 2.24) is 5.32 Å². The maximum absolute atomic E-state index is 12.1. The molecule has 0 saturated carbocycles. The number of thiophene rings is 1. The molecule has 3 nitrogen and oxygen atoms in total. The van der Waals surface area contributed by atoms with Crippen molar-refractivity contribution in [2.45, 2.75) is 13.5 Å². The quantitative estimate of drug-likeness (QED) is 0.890. The van der Waals surface area contributed by atoms with E-state index in [9.17, 15) is 4.79 Å². The van der Waals surface area contributed by atoms with Gasteiger partial charge in [0.2, 0.25) is 0 Å². The van der Waals surface area contributed by atoms with Crippen LogP contribution in [0.2, 0.25) is 0 Å². The Balaban J connectivity index is 2.03. The van der Waals surface area contributed by atoms with E-state index in [4.69, 9.17) is 0 Å². The highest BCUT2D eigenvalue weighted by atomic mass is 79.9. The highest BCUT2D eigenvalue weighted by molar-refractivity contribution is 9.10. The third-order valence-electron chi connectivity index (χ3n) is 2.80. The Bertz CT molecular complexity index is 595. The predicted molar refractivity (Wildman–Crippen MR) is 83.9 cm³/mol. The van der Waals surface area contributed by atoms with Crippen molar-refractivity contribution >= 4 is 38.9 Å². The molecule has 1 aromatic carbocycles. The molecule has 0 aliphatic rings. The Kier molecular flexibility index (Phi) is 4.61. The third kappa shape index (κ3) is 3.58. The Morgan fingerprint density at radius 2 is 2.16 bits per heavy atom. The first kappa shape index (κ1) is 14.1. The van der Waals surface area contributed by atoms with Gasteiger partial charge in [0, 0.05) is 33.0 Å². The minimum Gasteiger partial charge on any atom is -0.388 e. The SMILES string of the molecule is CNc1ccc(C(=O)NCc2cc(Br)cs2)c(C)c1. The van der Waals surface area contributed by atoms with Gasteiger partial charge in [-0.15, -0.1) is 11.3 Å². The third-order valence-corrected chi connectivity index (χ3v) is 4.50. The van der Waals surface area contributed by atoms with Gasteiger partial charge in [-0.3, -0.25) is 4.79 Å². The van der Waals surface area contributed by atoms with Crippen LogP contribution in [0, 0.1) is 6.92 Å². The summed E-state index contributed by atoms with van der Waals surface area (Å²) in [5.74, 6) is -0.0373. The number of halogens is 1. The van der Waals surface area contributed by atoms with Crippen LogP contribution in [0.4, 0.5) is 5.69 Å². The van der Waals surface area contributed by atoms with Gasteiger partial charge in [0.25, 0.3) is 5.91 Å². The first-order valence-corrected chi connectivity index (χ1v) is 7.57. The Morgan fingerprint density at radius 3 is 2.74 bits per heavy atom. The molecule has 0 bridgehead atoms. The summed E-state index contributed by atoms with van der Waals surface area (Å²) >= 11 is 5.03. The van der Waals surface area contributed by atoms with Gasteiger partial charge < -0.3 is 10.6 Å². The Hall–Kier alpha value is -1.33. The first-order valence-electron chi connectivity index (χ1n) is 5.89. The summed E-state index contributed by atoms with van der Waals surface area (Å²) in [5, 5.41) is 8.00. The van der Waals surface area contributed by atoms with Crippen molar-refractivity contribution < 1.29 is 4.79 Å². The summed E-state index contributed by atoms with van der Waals surface area (Å²) in [7, 11) is 1.86. The molecular formula is C14H15BrN2OS. The second-order valence-electron chi connectivity index (χ2n) is 4.19. The zero-order chi connectivity index (χ0) is 13.8. The molecule has 0 atom stereocenters. The molecule has 0 unspecified atom stereocenters. The number of nitrogens with one attached hydrogen (secondary N) is 2. The summed E-state index contributed by atoms with van der Waals surface area (Å²) in [6, 6.07) is 7.74. The van der Waals surface area contributed by atoms with Crippen molar-refractivity contribution in [3.63, 3.8) is 0 Å². The lowest BCUT2D eigenvalue weighted by Gasteiger charge is -2.08. The predicted octanol–water partition coefficient (Wildman–Crippen LogP) is 3.79. The monoisotopic (exact) mass is 338 g/mol. The van der Waals surface area contributed by atoms with E-state index in [-0.39, 0.29) is 5.91 Å². The second-order valence-corrected chi connectivity index (χ2v) is 6.11. The lowest BCUT2D eigenvalue weighted by molar-refractivity contribution is 0.0950. The van der Waals surface area contributed by atoms with Crippen LogP contribution >= 0.6 is 27.3 Å².